The van der Waals surface area contributed by atoms with Crippen molar-refractivity contribution in [2.75, 3.05) is 0 Å². The van der Waals surface area contributed by atoms with Crippen LogP contribution in [0, 0.1) is 16.0 Å². The maximum absolute atomic E-state index is 10.6. The molecule has 2 atom stereocenters. The standard InChI is InChI=1S/C16H16BrNO2/c1-12(16(17)14-5-3-2-4-6-14)11-13-7-9-15(10-8-13)18(19)20/h2-10,12,16H,11H2,1H3. The van der Waals surface area contributed by atoms with Gasteiger partial charge in [-0.2, -0.15) is 0 Å². The zero-order valence-electron chi connectivity index (χ0n) is 11.2. The molecule has 2 aromatic carbocycles. The van der Waals surface area contributed by atoms with E-state index in [0.717, 1.165) is 12.0 Å². The van der Waals surface area contributed by atoms with Gasteiger partial charge in [0.05, 0.1) is 4.92 Å². The van der Waals surface area contributed by atoms with E-state index in [1.54, 1.807) is 12.1 Å². The lowest BCUT2D eigenvalue weighted by molar-refractivity contribution is -0.384. The smallest absolute Gasteiger partial charge is 0.258 e. The molecule has 2 rings (SSSR count). The van der Waals surface area contributed by atoms with Gasteiger partial charge in [0, 0.05) is 17.0 Å². The first-order valence-electron chi connectivity index (χ1n) is 6.50. The maximum Gasteiger partial charge on any atom is 0.269 e. The van der Waals surface area contributed by atoms with E-state index in [1.165, 1.54) is 5.56 Å². The van der Waals surface area contributed by atoms with Gasteiger partial charge in [0.2, 0.25) is 0 Å². The summed E-state index contributed by atoms with van der Waals surface area (Å²) in [4.78, 5) is 10.5. The summed E-state index contributed by atoms with van der Waals surface area (Å²) in [5, 5.41) is 10.6. The lowest BCUT2D eigenvalue weighted by atomic mass is 9.94. The first-order valence-corrected chi connectivity index (χ1v) is 7.42. The average molecular weight is 334 g/mol. The van der Waals surface area contributed by atoms with Gasteiger partial charge in [-0.15, -0.1) is 0 Å². The molecule has 0 aliphatic heterocycles. The van der Waals surface area contributed by atoms with E-state index in [1.807, 2.05) is 30.3 Å². The zero-order valence-corrected chi connectivity index (χ0v) is 12.8. The Morgan fingerprint density at radius 3 is 2.25 bits per heavy atom. The summed E-state index contributed by atoms with van der Waals surface area (Å²) in [7, 11) is 0. The minimum absolute atomic E-state index is 0.139. The largest absolute Gasteiger partial charge is 0.269 e. The fraction of sp³-hybridized carbons (Fsp3) is 0.250. The number of benzene rings is 2. The zero-order chi connectivity index (χ0) is 14.5. The molecule has 2 unspecified atom stereocenters. The highest BCUT2D eigenvalue weighted by atomic mass is 79.9. The van der Waals surface area contributed by atoms with Crippen molar-refractivity contribution in [3.05, 3.63) is 75.8 Å². The molecule has 2 aromatic rings. The summed E-state index contributed by atoms with van der Waals surface area (Å²) in [5.74, 6) is 0.402. The van der Waals surface area contributed by atoms with Crippen LogP contribution in [0.3, 0.4) is 0 Å². The molecule has 0 saturated heterocycles. The topological polar surface area (TPSA) is 43.1 Å². The molecule has 4 heteroatoms. The molecule has 0 aliphatic carbocycles. The van der Waals surface area contributed by atoms with Crippen molar-refractivity contribution in [3.63, 3.8) is 0 Å². The fourth-order valence-corrected chi connectivity index (χ4v) is 2.69. The van der Waals surface area contributed by atoms with Gasteiger partial charge in [-0.25, -0.2) is 0 Å². The normalized spacial score (nSPS) is 13.7. The summed E-state index contributed by atoms with van der Waals surface area (Å²) in [6.07, 6.45) is 0.878. The highest BCUT2D eigenvalue weighted by Gasteiger charge is 2.16. The first-order chi connectivity index (χ1) is 9.58. The second-order valence-electron chi connectivity index (χ2n) is 4.92. The van der Waals surface area contributed by atoms with Crippen molar-refractivity contribution < 1.29 is 4.92 Å². The molecule has 0 spiro atoms. The molecular formula is C16H16BrNO2. The van der Waals surface area contributed by atoms with Crippen LogP contribution in [0.4, 0.5) is 5.69 Å². The Kier molecular flexibility index (Phi) is 4.90. The van der Waals surface area contributed by atoms with Crippen LogP contribution < -0.4 is 0 Å². The molecule has 0 N–H and O–H groups in total. The monoisotopic (exact) mass is 333 g/mol. The summed E-state index contributed by atoms with van der Waals surface area (Å²) >= 11 is 3.74. The van der Waals surface area contributed by atoms with Gasteiger partial charge in [-0.1, -0.05) is 65.3 Å². The van der Waals surface area contributed by atoms with Crippen LogP contribution >= 0.6 is 15.9 Å². The lowest BCUT2D eigenvalue weighted by Crippen LogP contribution is -2.07. The van der Waals surface area contributed by atoms with Crippen LogP contribution in [0.15, 0.2) is 54.6 Å². The average Bonchev–Trinajstić information content (AvgIpc) is 2.48. The molecule has 0 radical (unpaired) electrons. The van der Waals surface area contributed by atoms with Gasteiger partial charge in [-0.3, -0.25) is 10.1 Å². The summed E-state index contributed by atoms with van der Waals surface area (Å²) < 4.78 is 0. The molecule has 20 heavy (non-hydrogen) atoms. The highest BCUT2D eigenvalue weighted by molar-refractivity contribution is 9.09. The number of rotatable bonds is 5. The molecule has 104 valence electrons. The number of nitro groups is 1. The summed E-state index contributed by atoms with van der Waals surface area (Å²) in [6.45, 7) is 2.17. The number of hydrogen-bond acceptors (Lipinski definition) is 2. The van der Waals surface area contributed by atoms with Crippen molar-refractivity contribution in [2.45, 2.75) is 18.2 Å². The molecule has 0 saturated carbocycles. The van der Waals surface area contributed by atoms with Gasteiger partial charge in [-0.05, 0) is 23.5 Å². The SMILES string of the molecule is CC(Cc1ccc([N+](=O)[O-])cc1)C(Br)c1ccccc1. The molecule has 0 fully saturated rings. The van der Waals surface area contributed by atoms with E-state index < -0.39 is 0 Å². The third-order valence-electron chi connectivity index (χ3n) is 3.32. The van der Waals surface area contributed by atoms with Crippen molar-refractivity contribution in [1.29, 1.82) is 0 Å². The molecule has 0 heterocycles. The Hall–Kier alpha value is -1.68. The number of alkyl halides is 1. The second-order valence-corrected chi connectivity index (χ2v) is 5.90. The Morgan fingerprint density at radius 1 is 1.10 bits per heavy atom. The summed E-state index contributed by atoms with van der Waals surface area (Å²) in [5.41, 5.74) is 2.50. The molecule has 0 bridgehead atoms. The van der Waals surface area contributed by atoms with E-state index in [4.69, 9.17) is 0 Å². The Labute approximate surface area is 126 Å². The molecule has 0 aromatic heterocycles. The van der Waals surface area contributed by atoms with Crippen LogP contribution in [0.5, 0.6) is 0 Å². The Morgan fingerprint density at radius 2 is 1.70 bits per heavy atom. The predicted molar refractivity (Wildman–Crippen MR) is 84.1 cm³/mol. The van der Waals surface area contributed by atoms with Crippen LogP contribution in [0.2, 0.25) is 0 Å². The minimum atomic E-state index is -0.371. The van der Waals surface area contributed by atoms with Crippen molar-refractivity contribution in [1.82, 2.24) is 0 Å². The maximum atomic E-state index is 10.6. The van der Waals surface area contributed by atoms with E-state index in [0.29, 0.717) is 5.92 Å². The van der Waals surface area contributed by atoms with E-state index in [-0.39, 0.29) is 15.4 Å². The van der Waals surface area contributed by atoms with Gasteiger partial charge >= 0.3 is 0 Å². The van der Waals surface area contributed by atoms with Crippen LogP contribution in [-0.4, -0.2) is 4.92 Å². The first kappa shape index (κ1) is 14.7. The summed E-state index contributed by atoms with van der Waals surface area (Å²) in [6, 6.07) is 17.1. The number of hydrogen-bond donors (Lipinski definition) is 0. The number of nitrogens with zero attached hydrogens (tertiary/aromatic N) is 1. The Balaban J connectivity index is 2.04. The minimum Gasteiger partial charge on any atom is -0.258 e. The highest BCUT2D eigenvalue weighted by Crippen LogP contribution is 2.33. The number of nitro benzene ring substituents is 1. The third-order valence-corrected chi connectivity index (χ3v) is 4.75. The van der Waals surface area contributed by atoms with E-state index in [2.05, 4.69) is 35.0 Å². The second kappa shape index (κ2) is 6.66. The van der Waals surface area contributed by atoms with Crippen molar-refractivity contribution >= 4 is 21.6 Å². The van der Waals surface area contributed by atoms with Crippen LogP contribution in [0.1, 0.15) is 22.9 Å². The van der Waals surface area contributed by atoms with Gasteiger partial charge < -0.3 is 0 Å². The van der Waals surface area contributed by atoms with Gasteiger partial charge in [0.1, 0.15) is 0 Å². The quantitative estimate of drug-likeness (QED) is 0.443. The number of halogens is 1. The fourth-order valence-electron chi connectivity index (χ4n) is 2.19. The predicted octanol–water partition coefficient (Wildman–Crippen LogP) is 4.91. The Bertz CT molecular complexity index is 569. The third kappa shape index (κ3) is 3.67. The molecule has 0 aliphatic rings. The van der Waals surface area contributed by atoms with E-state index in [9.17, 15) is 10.1 Å². The lowest BCUT2D eigenvalue weighted by Gasteiger charge is -2.18. The van der Waals surface area contributed by atoms with Gasteiger partial charge in [0.25, 0.3) is 5.69 Å². The van der Waals surface area contributed by atoms with Crippen molar-refractivity contribution in [2.24, 2.45) is 5.92 Å². The van der Waals surface area contributed by atoms with E-state index >= 15 is 0 Å². The molecule has 3 nitrogen and oxygen atoms in total. The van der Waals surface area contributed by atoms with Crippen LogP contribution in [-0.2, 0) is 6.42 Å². The molecular weight excluding hydrogens is 318 g/mol. The van der Waals surface area contributed by atoms with Crippen LogP contribution in [0.25, 0.3) is 0 Å². The van der Waals surface area contributed by atoms with Crippen molar-refractivity contribution in [3.8, 4) is 0 Å². The number of non-ortho nitro benzene ring substituents is 1. The van der Waals surface area contributed by atoms with Gasteiger partial charge in [0.15, 0.2) is 0 Å². The molecule has 0 amide bonds.